The summed E-state index contributed by atoms with van der Waals surface area (Å²) in [5.41, 5.74) is -1.02. The van der Waals surface area contributed by atoms with Crippen LogP contribution in [0, 0.1) is 11.8 Å². The van der Waals surface area contributed by atoms with Gasteiger partial charge in [-0.25, -0.2) is 9.59 Å². The van der Waals surface area contributed by atoms with Crippen LogP contribution >= 0.6 is 0 Å². The van der Waals surface area contributed by atoms with Crippen LogP contribution in [-0.2, 0) is 28.6 Å². The van der Waals surface area contributed by atoms with E-state index < -0.39 is 36.1 Å². The predicted molar refractivity (Wildman–Crippen MR) is 96.3 cm³/mol. The van der Waals surface area contributed by atoms with Crippen molar-refractivity contribution in [1.29, 1.82) is 0 Å². The zero-order chi connectivity index (χ0) is 19.7. The largest absolute Gasteiger partial charge is 0.467 e. The number of carbonyl (C=O) groups excluding carboxylic acids is 3. The number of ether oxygens (including phenoxy) is 3. The molecule has 1 amide bonds. The van der Waals surface area contributed by atoms with E-state index >= 15 is 0 Å². The molecule has 1 N–H and O–H groups in total. The van der Waals surface area contributed by atoms with E-state index in [1.807, 2.05) is 0 Å². The van der Waals surface area contributed by atoms with Crippen molar-refractivity contribution in [2.45, 2.75) is 71.4 Å². The third-order valence-electron chi connectivity index (χ3n) is 4.82. The van der Waals surface area contributed by atoms with Crippen LogP contribution in [0.15, 0.2) is 0 Å². The summed E-state index contributed by atoms with van der Waals surface area (Å²) in [5.74, 6) is -0.557. The standard InChI is InChI=1S/C19H33NO6/c1-13(2)8-11-25-15(4)17(22)26-12-16(21)20-19(18(23)24-5)9-6-14(3)7-10-19/h13-15H,6-12H2,1-5H3,(H,20,21). The lowest BCUT2D eigenvalue weighted by molar-refractivity contribution is -0.161. The first kappa shape index (κ1) is 22.4. The lowest BCUT2D eigenvalue weighted by Crippen LogP contribution is -2.57. The zero-order valence-corrected chi connectivity index (χ0v) is 16.6. The molecule has 0 aromatic carbocycles. The molecule has 1 atom stereocenters. The molecular formula is C19H33NO6. The van der Waals surface area contributed by atoms with Gasteiger partial charge in [0, 0.05) is 6.61 Å². The molecule has 26 heavy (non-hydrogen) atoms. The summed E-state index contributed by atoms with van der Waals surface area (Å²) < 4.78 is 15.3. The topological polar surface area (TPSA) is 90.9 Å². The molecule has 1 rings (SSSR count). The van der Waals surface area contributed by atoms with Crippen molar-refractivity contribution >= 4 is 17.8 Å². The third-order valence-corrected chi connectivity index (χ3v) is 4.82. The third kappa shape index (κ3) is 6.94. The highest BCUT2D eigenvalue weighted by Crippen LogP contribution is 2.32. The summed E-state index contributed by atoms with van der Waals surface area (Å²) in [6.45, 7) is 7.87. The molecule has 1 aliphatic rings. The van der Waals surface area contributed by atoms with Gasteiger partial charge in [-0.05, 0) is 50.9 Å². The molecule has 0 radical (unpaired) electrons. The van der Waals surface area contributed by atoms with Gasteiger partial charge in [0.1, 0.15) is 5.54 Å². The minimum absolute atomic E-state index is 0.439. The van der Waals surface area contributed by atoms with Gasteiger partial charge in [0.15, 0.2) is 12.7 Å². The van der Waals surface area contributed by atoms with Crippen molar-refractivity contribution in [3.8, 4) is 0 Å². The molecule has 0 aromatic rings. The molecule has 0 aliphatic heterocycles. The summed E-state index contributed by atoms with van der Waals surface area (Å²) >= 11 is 0. The summed E-state index contributed by atoms with van der Waals surface area (Å²) in [6.07, 6.45) is 2.82. The van der Waals surface area contributed by atoms with Crippen LogP contribution < -0.4 is 5.32 Å². The molecule has 150 valence electrons. The van der Waals surface area contributed by atoms with Crippen LogP contribution in [-0.4, -0.2) is 49.8 Å². The van der Waals surface area contributed by atoms with Crippen molar-refractivity contribution in [3.63, 3.8) is 0 Å². The summed E-state index contributed by atoms with van der Waals surface area (Å²) in [6, 6.07) is 0. The second kappa shape index (κ2) is 10.5. The highest BCUT2D eigenvalue weighted by molar-refractivity contribution is 5.89. The molecule has 1 unspecified atom stereocenters. The molecule has 0 saturated heterocycles. The molecule has 7 nitrogen and oxygen atoms in total. The van der Waals surface area contributed by atoms with Gasteiger partial charge in [-0.3, -0.25) is 4.79 Å². The Bertz CT molecular complexity index is 482. The molecule has 7 heteroatoms. The lowest BCUT2D eigenvalue weighted by Gasteiger charge is -2.37. The summed E-state index contributed by atoms with van der Waals surface area (Å²) in [4.78, 5) is 36.3. The van der Waals surface area contributed by atoms with Crippen molar-refractivity contribution < 1.29 is 28.6 Å². The molecule has 1 fully saturated rings. The fraction of sp³-hybridized carbons (Fsp3) is 0.842. The van der Waals surface area contributed by atoms with Gasteiger partial charge in [0.05, 0.1) is 7.11 Å². The smallest absolute Gasteiger partial charge is 0.335 e. The van der Waals surface area contributed by atoms with Crippen LogP contribution in [0.1, 0.15) is 59.8 Å². The van der Waals surface area contributed by atoms with Gasteiger partial charge in [-0.2, -0.15) is 0 Å². The average molecular weight is 371 g/mol. The maximum Gasteiger partial charge on any atom is 0.335 e. The van der Waals surface area contributed by atoms with Crippen LogP contribution in [0.5, 0.6) is 0 Å². The number of hydrogen-bond donors (Lipinski definition) is 1. The van der Waals surface area contributed by atoms with Crippen molar-refractivity contribution in [1.82, 2.24) is 5.32 Å². The monoisotopic (exact) mass is 371 g/mol. The number of carbonyl (C=O) groups is 3. The van der Waals surface area contributed by atoms with Crippen LogP contribution in [0.25, 0.3) is 0 Å². The Morgan fingerprint density at radius 3 is 2.31 bits per heavy atom. The zero-order valence-electron chi connectivity index (χ0n) is 16.6. The highest BCUT2D eigenvalue weighted by atomic mass is 16.6. The van der Waals surface area contributed by atoms with Gasteiger partial charge in [-0.15, -0.1) is 0 Å². The van der Waals surface area contributed by atoms with Crippen molar-refractivity contribution in [2.24, 2.45) is 11.8 Å². The number of rotatable bonds is 9. The van der Waals surface area contributed by atoms with Crippen LogP contribution in [0.2, 0.25) is 0 Å². The average Bonchev–Trinajstić information content (AvgIpc) is 2.60. The molecule has 1 saturated carbocycles. The van der Waals surface area contributed by atoms with Crippen LogP contribution in [0.4, 0.5) is 0 Å². The molecule has 1 aliphatic carbocycles. The Labute approximate surface area is 156 Å². The Hall–Kier alpha value is -1.63. The molecule has 0 aromatic heterocycles. The van der Waals surface area contributed by atoms with E-state index in [-0.39, 0.29) is 0 Å². The van der Waals surface area contributed by atoms with E-state index in [0.717, 1.165) is 19.3 Å². The van der Waals surface area contributed by atoms with Gasteiger partial charge in [0.25, 0.3) is 5.91 Å². The van der Waals surface area contributed by atoms with Crippen molar-refractivity contribution in [3.05, 3.63) is 0 Å². The van der Waals surface area contributed by atoms with E-state index in [1.54, 1.807) is 6.92 Å². The van der Waals surface area contributed by atoms with E-state index in [0.29, 0.717) is 31.3 Å². The van der Waals surface area contributed by atoms with Gasteiger partial charge in [-0.1, -0.05) is 20.8 Å². The second-order valence-corrected chi connectivity index (χ2v) is 7.61. The fourth-order valence-electron chi connectivity index (χ4n) is 2.94. The maximum absolute atomic E-state index is 12.2. The molecular weight excluding hydrogens is 338 g/mol. The minimum atomic E-state index is -1.02. The SMILES string of the molecule is COC(=O)C1(NC(=O)COC(=O)C(C)OCCC(C)C)CCC(C)CC1. The van der Waals surface area contributed by atoms with Gasteiger partial charge in [0.2, 0.25) is 0 Å². The first-order chi connectivity index (χ1) is 12.2. The minimum Gasteiger partial charge on any atom is -0.467 e. The first-order valence-electron chi connectivity index (χ1n) is 9.38. The number of esters is 2. The maximum atomic E-state index is 12.2. The van der Waals surface area contributed by atoms with Crippen LogP contribution in [0.3, 0.4) is 0 Å². The van der Waals surface area contributed by atoms with Gasteiger partial charge >= 0.3 is 11.9 Å². The number of methoxy groups -OCH3 is 1. The van der Waals surface area contributed by atoms with Crippen molar-refractivity contribution in [2.75, 3.05) is 20.3 Å². The first-order valence-corrected chi connectivity index (χ1v) is 9.38. The fourth-order valence-corrected chi connectivity index (χ4v) is 2.94. The Kier molecular flexibility index (Phi) is 9.05. The number of amides is 1. The molecule has 0 spiro atoms. The summed E-state index contributed by atoms with van der Waals surface area (Å²) in [7, 11) is 1.31. The lowest BCUT2D eigenvalue weighted by atomic mass is 9.77. The number of hydrogen-bond acceptors (Lipinski definition) is 6. The summed E-state index contributed by atoms with van der Waals surface area (Å²) in [5, 5.41) is 2.72. The Balaban J connectivity index is 2.48. The van der Waals surface area contributed by atoms with E-state index in [4.69, 9.17) is 14.2 Å². The van der Waals surface area contributed by atoms with E-state index in [2.05, 4.69) is 26.1 Å². The Morgan fingerprint density at radius 2 is 1.77 bits per heavy atom. The Morgan fingerprint density at radius 1 is 1.15 bits per heavy atom. The second-order valence-electron chi connectivity index (χ2n) is 7.61. The van der Waals surface area contributed by atoms with Gasteiger partial charge < -0.3 is 19.5 Å². The highest BCUT2D eigenvalue weighted by Gasteiger charge is 2.43. The normalized spacial score (nSPS) is 24.0. The molecule has 0 heterocycles. The van der Waals surface area contributed by atoms with E-state index in [1.165, 1.54) is 7.11 Å². The number of nitrogens with one attached hydrogen (secondary N) is 1. The van der Waals surface area contributed by atoms with E-state index in [9.17, 15) is 14.4 Å². The predicted octanol–water partition coefficient (Wildman–Crippen LogP) is 2.22. The quantitative estimate of drug-likeness (QED) is 0.625. The molecule has 0 bridgehead atoms.